The van der Waals surface area contributed by atoms with E-state index in [0.717, 1.165) is 6.07 Å². The molecule has 0 radical (unpaired) electrons. The van der Waals surface area contributed by atoms with E-state index in [0.29, 0.717) is 11.5 Å². The van der Waals surface area contributed by atoms with Crippen LogP contribution in [-0.2, 0) is 0 Å². The number of ether oxygens (including phenoxy) is 2. The van der Waals surface area contributed by atoms with Gasteiger partial charge in [-0.05, 0) is 6.07 Å². The zero-order valence-corrected chi connectivity index (χ0v) is 14.1. The number of methoxy groups -OCH3 is 2. The minimum atomic E-state index is -0.641. The highest BCUT2D eigenvalue weighted by molar-refractivity contribution is 6.36. The third-order valence-corrected chi connectivity index (χ3v) is 3.77. The second-order valence-electron chi connectivity index (χ2n) is 4.56. The molecular weight excluding hydrogens is 359 g/mol. The number of carbonyl (C=O) groups is 1. The molecule has 0 aliphatic rings. The fraction of sp³-hybridized carbons (Fsp3) is 0.133. The third kappa shape index (κ3) is 3.69. The van der Waals surface area contributed by atoms with Crippen LogP contribution in [0.25, 0.3) is 0 Å². The second kappa shape index (κ2) is 7.37. The first-order valence-corrected chi connectivity index (χ1v) is 7.29. The van der Waals surface area contributed by atoms with E-state index < -0.39 is 10.8 Å². The van der Waals surface area contributed by atoms with Gasteiger partial charge in [-0.3, -0.25) is 14.9 Å². The van der Waals surface area contributed by atoms with Crippen LogP contribution >= 0.6 is 23.2 Å². The van der Waals surface area contributed by atoms with Crippen molar-refractivity contribution in [2.45, 2.75) is 0 Å². The number of rotatable bonds is 5. The number of benzene rings is 2. The summed E-state index contributed by atoms with van der Waals surface area (Å²) < 4.78 is 10.2. The SMILES string of the molecule is COc1cc(Cl)c(NC(=O)c2cc([N+](=O)[O-])ccc2Cl)cc1OC. The number of non-ortho nitro benzene ring substituents is 1. The van der Waals surface area contributed by atoms with Crippen LogP contribution < -0.4 is 14.8 Å². The Morgan fingerprint density at radius 2 is 1.71 bits per heavy atom. The molecule has 0 fully saturated rings. The molecule has 0 bridgehead atoms. The number of hydrogen-bond donors (Lipinski definition) is 1. The highest BCUT2D eigenvalue weighted by Gasteiger charge is 2.18. The molecule has 0 unspecified atom stereocenters. The normalized spacial score (nSPS) is 10.2. The van der Waals surface area contributed by atoms with Gasteiger partial charge in [-0.1, -0.05) is 23.2 Å². The van der Waals surface area contributed by atoms with E-state index in [2.05, 4.69) is 5.32 Å². The molecule has 1 amide bonds. The van der Waals surface area contributed by atoms with E-state index in [4.69, 9.17) is 32.7 Å². The monoisotopic (exact) mass is 370 g/mol. The Labute approximate surface area is 147 Å². The number of halogens is 2. The molecular formula is C15H12Cl2N2O5. The van der Waals surface area contributed by atoms with Crippen molar-refractivity contribution in [1.29, 1.82) is 0 Å². The molecule has 0 heterocycles. The number of nitro benzene ring substituents is 1. The fourth-order valence-electron chi connectivity index (χ4n) is 1.94. The minimum Gasteiger partial charge on any atom is -0.493 e. The topological polar surface area (TPSA) is 90.7 Å². The molecule has 2 aromatic carbocycles. The highest BCUT2D eigenvalue weighted by Crippen LogP contribution is 2.36. The smallest absolute Gasteiger partial charge is 0.270 e. The summed E-state index contributed by atoms with van der Waals surface area (Å²) in [5.74, 6) is 0.119. The van der Waals surface area contributed by atoms with Crippen molar-refractivity contribution in [3.8, 4) is 11.5 Å². The third-order valence-electron chi connectivity index (χ3n) is 3.13. The van der Waals surface area contributed by atoms with Crippen LogP contribution in [0.4, 0.5) is 11.4 Å². The maximum atomic E-state index is 12.4. The van der Waals surface area contributed by atoms with Gasteiger partial charge in [0.25, 0.3) is 11.6 Å². The molecule has 2 aromatic rings. The van der Waals surface area contributed by atoms with Crippen LogP contribution in [0.1, 0.15) is 10.4 Å². The summed E-state index contributed by atoms with van der Waals surface area (Å²) in [5, 5.41) is 13.7. The quantitative estimate of drug-likeness (QED) is 0.629. The second-order valence-corrected chi connectivity index (χ2v) is 5.38. The Balaban J connectivity index is 2.36. The Morgan fingerprint density at radius 1 is 1.08 bits per heavy atom. The number of anilines is 1. The van der Waals surface area contributed by atoms with Gasteiger partial charge in [0.15, 0.2) is 11.5 Å². The van der Waals surface area contributed by atoms with E-state index >= 15 is 0 Å². The van der Waals surface area contributed by atoms with Gasteiger partial charge in [-0.25, -0.2) is 0 Å². The van der Waals surface area contributed by atoms with Gasteiger partial charge < -0.3 is 14.8 Å². The van der Waals surface area contributed by atoms with Crippen molar-refractivity contribution in [3.05, 3.63) is 56.1 Å². The number of carbonyl (C=O) groups excluding carboxylic acids is 1. The molecule has 0 atom stereocenters. The number of amides is 1. The minimum absolute atomic E-state index is 0.0447. The number of nitrogens with one attached hydrogen (secondary N) is 1. The molecule has 9 heteroatoms. The van der Waals surface area contributed by atoms with Gasteiger partial charge in [0.2, 0.25) is 0 Å². The lowest BCUT2D eigenvalue weighted by atomic mass is 10.1. The molecule has 7 nitrogen and oxygen atoms in total. The van der Waals surface area contributed by atoms with Crippen molar-refractivity contribution in [2.24, 2.45) is 0 Å². The Morgan fingerprint density at radius 3 is 2.29 bits per heavy atom. The van der Waals surface area contributed by atoms with Gasteiger partial charge in [-0.2, -0.15) is 0 Å². The van der Waals surface area contributed by atoms with E-state index in [1.54, 1.807) is 0 Å². The first-order valence-electron chi connectivity index (χ1n) is 6.54. The summed E-state index contributed by atoms with van der Waals surface area (Å²) in [6, 6.07) is 6.54. The van der Waals surface area contributed by atoms with Crippen LogP contribution in [-0.4, -0.2) is 25.1 Å². The van der Waals surface area contributed by atoms with Crippen LogP contribution in [0, 0.1) is 10.1 Å². The Kier molecular flexibility index (Phi) is 5.48. The predicted molar refractivity (Wildman–Crippen MR) is 90.6 cm³/mol. The number of nitro groups is 1. The maximum absolute atomic E-state index is 12.4. The van der Waals surface area contributed by atoms with Crippen molar-refractivity contribution in [3.63, 3.8) is 0 Å². The van der Waals surface area contributed by atoms with E-state index in [1.807, 2.05) is 0 Å². The van der Waals surface area contributed by atoms with Gasteiger partial charge in [0.1, 0.15) is 0 Å². The lowest BCUT2D eigenvalue weighted by Crippen LogP contribution is -2.13. The Bertz CT molecular complexity index is 811. The lowest BCUT2D eigenvalue weighted by Gasteiger charge is -2.13. The summed E-state index contributed by atoms with van der Waals surface area (Å²) in [5.41, 5.74) is -0.0402. The molecule has 0 aliphatic carbocycles. The summed E-state index contributed by atoms with van der Waals surface area (Å²) in [6.45, 7) is 0. The highest BCUT2D eigenvalue weighted by atomic mass is 35.5. The average molecular weight is 371 g/mol. The molecule has 0 spiro atoms. The molecule has 24 heavy (non-hydrogen) atoms. The predicted octanol–water partition coefficient (Wildman–Crippen LogP) is 4.17. The van der Waals surface area contributed by atoms with Gasteiger partial charge in [0, 0.05) is 24.3 Å². The summed E-state index contributed by atoms with van der Waals surface area (Å²) in [7, 11) is 2.89. The van der Waals surface area contributed by atoms with Crippen molar-refractivity contribution < 1.29 is 19.2 Å². The summed E-state index contributed by atoms with van der Waals surface area (Å²) >= 11 is 12.0. The standard InChI is InChI=1S/C15H12Cl2N2O5/c1-23-13-6-11(17)12(7-14(13)24-2)18-15(20)9-5-8(19(21)22)3-4-10(9)16/h3-7H,1-2H3,(H,18,20). The molecule has 0 saturated heterocycles. The first kappa shape index (κ1) is 17.8. The van der Waals surface area contributed by atoms with E-state index in [9.17, 15) is 14.9 Å². The average Bonchev–Trinajstić information content (AvgIpc) is 2.56. The fourth-order valence-corrected chi connectivity index (χ4v) is 2.34. The summed E-state index contributed by atoms with van der Waals surface area (Å²) in [6.07, 6.45) is 0. The van der Waals surface area contributed by atoms with Crippen molar-refractivity contribution in [2.75, 3.05) is 19.5 Å². The molecule has 126 valence electrons. The zero-order chi connectivity index (χ0) is 17.9. The first-order chi connectivity index (χ1) is 11.4. The van der Waals surface area contributed by atoms with Crippen LogP contribution in [0.15, 0.2) is 30.3 Å². The molecule has 0 aliphatic heterocycles. The molecule has 0 aromatic heterocycles. The molecule has 1 N–H and O–H groups in total. The van der Waals surface area contributed by atoms with Crippen LogP contribution in [0.3, 0.4) is 0 Å². The zero-order valence-electron chi connectivity index (χ0n) is 12.6. The van der Waals surface area contributed by atoms with E-state index in [1.165, 1.54) is 38.5 Å². The van der Waals surface area contributed by atoms with Gasteiger partial charge in [-0.15, -0.1) is 0 Å². The number of nitrogens with zero attached hydrogens (tertiary/aromatic N) is 1. The lowest BCUT2D eigenvalue weighted by molar-refractivity contribution is -0.384. The maximum Gasteiger partial charge on any atom is 0.270 e. The molecule has 0 saturated carbocycles. The van der Waals surface area contributed by atoms with Crippen molar-refractivity contribution >= 4 is 40.5 Å². The molecule has 2 rings (SSSR count). The van der Waals surface area contributed by atoms with Crippen LogP contribution in [0.5, 0.6) is 11.5 Å². The Hall–Kier alpha value is -2.51. The van der Waals surface area contributed by atoms with Gasteiger partial charge >= 0.3 is 0 Å². The summed E-state index contributed by atoms with van der Waals surface area (Å²) in [4.78, 5) is 22.6. The number of hydrogen-bond acceptors (Lipinski definition) is 5. The van der Waals surface area contributed by atoms with Crippen LogP contribution in [0.2, 0.25) is 10.0 Å². The van der Waals surface area contributed by atoms with Gasteiger partial charge in [0.05, 0.1) is 40.4 Å². The van der Waals surface area contributed by atoms with Crippen molar-refractivity contribution in [1.82, 2.24) is 0 Å². The van der Waals surface area contributed by atoms with E-state index in [-0.39, 0.29) is 27.0 Å². The largest absolute Gasteiger partial charge is 0.493 e.